The van der Waals surface area contributed by atoms with Gasteiger partial charge in [-0.15, -0.1) is 0 Å². The third kappa shape index (κ3) is 7.57. The van der Waals surface area contributed by atoms with Crippen LogP contribution in [0.5, 0.6) is 0 Å². The Bertz CT molecular complexity index is 1810. The number of benzene rings is 4. The fraction of sp³-hybridized carbons (Fsp3) is 0.480. The molecule has 4 unspecified atom stereocenters. The quantitative estimate of drug-likeness (QED) is 0.0696. The van der Waals surface area contributed by atoms with Crippen LogP contribution in [0.2, 0.25) is 10.1 Å². The monoisotopic (exact) mass is 836 g/mol. The minimum atomic E-state index is -3.79. The standard InChI is InChI=1S/C50H69O5PSi2/c1-12-47(39-52-57(45(6,7)8,41-29-21-17-22-30-41)42-31-23-18-24-32-42)37-49(47,14-3)54-56(51,16-5)55-50(15-4)38-48(50,13-2)40-53-58(46(9,10)11,43-33-25-19-26-34-43)44-35-27-20-28-36-44/h16-36H,5,12-15,37-40H2,1-4,6-11H3. The van der Waals surface area contributed by atoms with Gasteiger partial charge in [-0.2, -0.15) is 0 Å². The van der Waals surface area contributed by atoms with Gasteiger partial charge in [0.15, 0.2) is 0 Å². The molecule has 0 amide bonds. The molecule has 8 heteroatoms. The predicted molar refractivity (Wildman–Crippen MR) is 248 cm³/mol. The first-order valence-electron chi connectivity index (χ1n) is 21.6. The molecule has 0 aromatic heterocycles. The summed E-state index contributed by atoms with van der Waals surface area (Å²) in [6.45, 7) is 27.7. The molecule has 0 saturated heterocycles. The van der Waals surface area contributed by atoms with Crippen LogP contribution in [-0.4, -0.2) is 41.1 Å². The molecule has 2 fully saturated rings. The van der Waals surface area contributed by atoms with E-state index in [1.54, 1.807) is 0 Å². The van der Waals surface area contributed by atoms with Crippen molar-refractivity contribution in [2.45, 2.75) is 129 Å². The number of hydrogen-bond donors (Lipinski definition) is 0. The largest absolute Gasteiger partial charge is 0.407 e. The van der Waals surface area contributed by atoms with Gasteiger partial charge in [-0.05, 0) is 69.3 Å². The number of rotatable bonds is 19. The molecule has 0 heterocycles. The molecule has 5 nitrogen and oxygen atoms in total. The van der Waals surface area contributed by atoms with Gasteiger partial charge in [0.25, 0.3) is 16.6 Å². The van der Waals surface area contributed by atoms with E-state index in [4.69, 9.17) is 17.9 Å². The highest BCUT2D eigenvalue weighted by atomic mass is 31.2. The van der Waals surface area contributed by atoms with E-state index >= 15 is 4.57 Å². The summed E-state index contributed by atoms with van der Waals surface area (Å²) < 4.78 is 44.2. The minimum Gasteiger partial charge on any atom is -0.407 e. The minimum absolute atomic E-state index is 0.158. The van der Waals surface area contributed by atoms with Crippen molar-refractivity contribution in [3.8, 4) is 0 Å². The normalized spacial score (nSPS) is 25.8. The Morgan fingerprint density at radius 1 is 0.534 bits per heavy atom. The Morgan fingerprint density at radius 2 is 0.810 bits per heavy atom. The van der Waals surface area contributed by atoms with Crippen LogP contribution in [0.1, 0.15) is 108 Å². The lowest BCUT2D eigenvalue weighted by Gasteiger charge is -2.44. The van der Waals surface area contributed by atoms with Gasteiger partial charge in [-0.1, -0.05) is 197 Å². The zero-order valence-electron chi connectivity index (χ0n) is 37.0. The van der Waals surface area contributed by atoms with Gasteiger partial charge in [0.1, 0.15) is 0 Å². The first kappa shape index (κ1) is 44.7. The van der Waals surface area contributed by atoms with Crippen molar-refractivity contribution in [3.63, 3.8) is 0 Å². The van der Waals surface area contributed by atoms with E-state index in [2.05, 4.69) is 197 Å². The first-order chi connectivity index (χ1) is 27.5. The van der Waals surface area contributed by atoms with Crippen LogP contribution < -0.4 is 20.7 Å². The summed E-state index contributed by atoms with van der Waals surface area (Å²) in [6, 6.07) is 43.1. The maximum absolute atomic E-state index is 15.2. The maximum atomic E-state index is 15.2. The zero-order chi connectivity index (χ0) is 42.1. The van der Waals surface area contributed by atoms with Crippen molar-refractivity contribution in [1.82, 2.24) is 0 Å². The molecular formula is C50H69O5PSi2. The van der Waals surface area contributed by atoms with Gasteiger partial charge >= 0.3 is 7.60 Å². The molecule has 0 aliphatic heterocycles. The van der Waals surface area contributed by atoms with Crippen molar-refractivity contribution >= 4 is 45.0 Å². The highest BCUT2D eigenvalue weighted by Crippen LogP contribution is 2.75. The van der Waals surface area contributed by atoms with Crippen LogP contribution in [0.15, 0.2) is 134 Å². The molecule has 58 heavy (non-hydrogen) atoms. The molecule has 4 aromatic rings. The summed E-state index contributed by atoms with van der Waals surface area (Å²) in [7, 11) is -9.41. The smallest absolute Gasteiger partial charge is 0.354 e. The average molecular weight is 837 g/mol. The topological polar surface area (TPSA) is 54.0 Å². The SMILES string of the molecule is C=CP(=O)(OC1(CC)CC1(CC)CO[Si](c1ccccc1)(c1ccccc1)C(C)(C)C)OC1(CC)CC1(CC)CO[Si](c1ccccc1)(c1ccccc1)C(C)(C)C. The summed E-state index contributed by atoms with van der Waals surface area (Å²) in [4.78, 5) is 0. The molecule has 0 bridgehead atoms. The summed E-state index contributed by atoms with van der Waals surface area (Å²) >= 11 is 0. The van der Waals surface area contributed by atoms with Crippen LogP contribution in [0, 0.1) is 10.8 Å². The van der Waals surface area contributed by atoms with Crippen LogP contribution in [0.4, 0.5) is 0 Å². The molecular weight excluding hydrogens is 768 g/mol. The van der Waals surface area contributed by atoms with E-state index in [0.717, 1.165) is 25.7 Å². The first-order valence-corrected chi connectivity index (χ1v) is 27.0. The zero-order valence-corrected chi connectivity index (χ0v) is 39.9. The second-order valence-corrected chi connectivity index (χ2v) is 29.5. The second-order valence-electron chi connectivity index (χ2n) is 19.1. The van der Waals surface area contributed by atoms with E-state index in [0.29, 0.717) is 26.1 Å². The van der Waals surface area contributed by atoms with Crippen LogP contribution in [-0.2, 0) is 22.5 Å². The van der Waals surface area contributed by atoms with E-state index in [1.165, 1.54) is 26.6 Å². The molecule has 4 aromatic carbocycles. The van der Waals surface area contributed by atoms with E-state index < -0.39 is 35.4 Å². The molecule has 0 spiro atoms. The Hall–Kier alpha value is -2.88. The fourth-order valence-electron chi connectivity index (χ4n) is 10.5. The Labute approximate surface area is 352 Å². The molecule has 4 atom stereocenters. The van der Waals surface area contributed by atoms with E-state index in [9.17, 15) is 0 Å². The van der Waals surface area contributed by atoms with Crippen molar-refractivity contribution in [3.05, 3.63) is 134 Å². The molecule has 0 radical (unpaired) electrons. The van der Waals surface area contributed by atoms with Crippen molar-refractivity contribution in [2.24, 2.45) is 10.8 Å². The molecule has 2 aliphatic carbocycles. The highest BCUT2D eigenvalue weighted by molar-refractivity contribution is 7.57. The van der Waals surface area contributed by atoms with Crippen molar-refractivity contribution in [1.29, 1.82) is 0 Å². The Balaban J connectivity index is 1.28. The average Bonchev–Trinajstić information content (AvgIpc) is 4.08. The van der Waals surface area contributed by atoms with Gasteiger partial charge in [-0.25, -0.2) is 0 Å². The Morgan fingerprint density at radius 3 is 1.02 bits per heavy atom. The molecule has 312 valence electrons. The lowest BCUT2D eigenvalue weighted by molar-refractivity contribution is 0.0306. The van der Waals surface area contributed by atoms with Gasteiger partial charge < -0.3 is 8.85 Å². The lowest BCUT2D eigenvalue weighted by atomic mass is 9.98. The second kappa shape index (κ2) is 16.5. The molecule has 2 aliphatic rings. The van der Waals surface area contributed by atoms with Gasteiger partial charge in [0.05, 0.1) is 11.2 Å². The molecule has 6 rings (SSSR count). The number of hydrogen-bond acceptors (Lipinski definition) is 5. The van der Waals surface area contributed by atoms with E-state index in [1.807, 2.05) is 0 Å². The summed E-state index contributed by atoms with van der Waals surface area (Å²) in [5.74, 6) is 1.46. The van der Waals surface area contributed by atoms with Crippen LogP contribution >= 0.6 is 7.60 Å². The summed E-state index contributed by atoms with van der Waals surface area (Å²) in [5, 5.41) is 4.68. The van der Waals surface area contributed by atoms with Gasteiger partial charge in [0.2, 0.25) is 0 Å². The highest BCUT2D eigenvalue weighted by Gasteiger charge is 2.73. The van der Waals surface area contributed by atoms with Gasteiger partial charge in [-0.3, -0.25) is 13.6 Å². The van der Waals surface area contributed by atoms with Crippen LogP contribution in [0.25, 0.3) is 0 Å². The van der Waals surface area contributed by atoms with Crippen molar-refractivity contribution < 1.29 is 22.5 Å². The summed E-state index contributed by atoms with van der Waals surface area (Å²) in [6.07, 6.45) is 4.56. The lowest BCUT2D eigenvalue weighted by Crippen LogP contribution is -2.67. The third-order valence-corrected chi connectivity index (χ3v) is 25.8. The van der Waals surface area contributed by atoms with Crippen molar-refractivity contribution in [2.75, 3.05) is 13.2 Å². The Kier molecular flexibility index (Phi) is 12.7. The predicted octanol–water partition coefficient (Wildman–Crippen LogP) is 11.4. The molecule has 2 saturated carbocycles. The maximum Gasteiger partial charge on any atom is 0.354 e. The van der Waals surface area contributed by atoms with Gasteiger partial charge in [0, 0.05) is 29.9 Å². The van der Waals surface area contributed by atoms with Crippen LogP contribution in [0.3, 0.4) is 0 Å². The summed E-state index contributed by atoms with van der Waals surface area (Å²) in [5.41, 5.74) is -1.98. The fourth-order valence-corrected chi connectivity index (χ4v) is 21.7. The third-order valence-electron chi connectivity index (χ3n) is 14.2. The van der Waals surface area contributed by atoms with E-state index in [-0.39, 0.29) is 20.9 Å². The molecule has 0 N–H and O–H groups in total.